The lowest BCUT2D eigenvalue weighted by molar-refractivity contribution is 0.356. The van der Waals surface area contributed by atoms with Gasteiger partial charge in [0.25, 0.3) is 0 Å². The van der Waals surface area contributed by atoms with E-state index in [1.165, 1.54) is 30.3 Å². The van der Waals surface area contributed by atoms with E-state index in [9.17, 15) is 16.8 Å². The van der Waals surface area contributed by atoms with E-state index in [4.69, 9.17) is 11.3 Å². The summed E-state index contributed by atoms with van der Waals surface area (Å²) in [5, 5.41) is -1.25. The Kier molecular flexibility index (Phi) is 4.07. The minimum absolute atomic E-state index is 0.0468. The maximum atomic E-state index is 12.9. The predicted molar refractivity (Wildman–Crippen MR) is 87.0 cm³/mol. The van der Waals surface area contributed by atoms with E-state index >= 15 is 0 Å². The molecular weight excluding hydrogens is 350 g/mol. The van der Waals surface area contributed by atoms with Crippen molar-refractivity contribution in [1.29, 1.82) is 0 Å². The molecule has 0 aromatic heterocycles. The summed E-state index contributed by atoms with van der Waals surface area (Å²) in [6.45, 7) is 6.49. The number of hydrogen-bond acceptors (Lipinski definition) is 5. The Morgan fingerprint density at radius 3 is 2.50 bits per heavy atom. The number of fused-ring (bicyclic) bond motifs is 1. The Morgan fingerprint density at radius 2 is 1.83 bits per heavy atom. The lowest BCUT2D eigenvalue weighted by Gasteiger charge is -2.14. The zero-order valence-corrected chi connectivity index (χ0v) is 14.0. The lowest BCUT2D eigenvalue weighted by atomic mass is 10.1. The largest absolute Gasteiger partial charge is 0.425 e. The number of benzene rings is 2. The first-order valence-corrected chi connectivity index (χ1v) is 10.2. The number of sulfone groups is 2. The van der Waals surface area contributed by atoms with E-state index in [0.717, 1.165) is 0 Å². The summed E-state index contributed by atoms with van der Waals surface area (Å²) in [5.41, 5.74) is 0.116. The summed E-state index contributed by atoms with van der Waals surface area (Å²) in [6, 6.07) is 12.0. The number of nitrogens with zero attached hydrogens (tertiary/aromatic N) is 1. The molecule has 1 unspecified atom stereocenters. The van der Waals surface area contributed by atoms with Crippen molar-refractivity contribution in [3.8, 4) is 5.75 Å². The fourth-order valence-corrected chi connectivity index (χ4v) is 7.09. The summed E-state index contributed by atoms with van der Waals surface area (Å²) in [4.78, 5) is 3.07. The molecule has 0 saturated carbocycles. The van der Waals surface area contributed by atoms with Crippen molar-refractivity contribution in [2.75, 3.05) is 12.5 Å². The Balaban J connectivity index is 2.20. The SMILES string of the molecule is [C-]#[N+]COc1cccc2c1C(S(=O)(=O)c1ccccc1)CS2(=O)=O. The zero-order chi connectivity index (χ0) is 17.4. The Labute approximate surface area is 140 Å². The van der Waals surface area contributed by atoms with Gasteiger partial charge in [0.2, 0.25) is 0 Å². The van der Waals surface area contributed by atoms with Crippen LogP contribution in [0.25, 0.3) is 4.85 Å². The molecular formula is C16H13NO5S2. The zero-order valence-electron chi connectivity index (χ0n) is 12.4. The van der Waals surface area contributed by atoms with Crippen LogP contribution in [0.5, 0.6) is 5.75 Å². The van der Waals surface area contributed by atoms with Gasteiger partial charge in [0, 0.05) is 5.56 Å². The molecule has 124 valence electrons. The predicted octanol–water partition coefficient (Wildman–Crippen LogP) is 2.24. The van der Waals surface area contributed by atoms with E-state index in [-0.39, 0.29) is 27.8 Å². The van der Waals surface area contributed by atoms with Crippen molar-refractivity contribution in [2.24, 2.45) is 0 Å². The molecule has 1 aliphatic rings. The second-order valence-electron chi connectivity index (χ2n) is 5.23. The highest BCUT2D eigenvalue weighted by Gasteiger charge is 2.45. The van der Waals surface area contributed by atoms with E-state index in [0.29, 0.717) is 0 Å². The highest BCUT2D eigenvalue weighted by atomic mass is 32.2. The summed E-state index contributed by atoms with van der Waals surface area (Å²) in [5.74, 6) is -0.410. The third-order valence-corrected chi connectivity index (χ3v) is 7.87. The van der Waals surface area contributed by atoms with Gasteiger partial charge in [-0.05, 0) is 24.3 Å². The van der Waals surface area contributed by atoms with Gasteiger partial charge in [-0.1, -0.05) is 24.3 Å². The first-order chi connectivity index (χ1) is 11.4. The van der Waals surface area contributed by atoms with Crippen molar-refractivity contribution in [2.45, 2.75) is 15.0 Å². The topological polar surface area (TPSA) is 81.9 Å². The standard InChI is InChI=1S/C16H13NO5S2/c1-17-11-22-13-8-5-9-14-16(13)15(10-23(14,18)19)24(20,21)12-6-3-2-4-7-12/h2-9,15H,10-11H2. The van der Waals surface area contributed by atoms with Crippen LogP contribution < -0.4 is 4.74 Å². The lowest BCUT2D eigenvalue weighted by Crippen LogP contribution is -2.16. The van der Waals surface area contributed by atoms with E-state index in [1.807, 2.05) is 0 Å². The van der Waals surface area contributed by atoms with Gasteiger partial charge in [-0.3, -0.25) is 4.85 Å². The van der Waals surface area contributed by atoms with E-state index in [1.54, 1.807) is 18.2 Å². The van der Waals surface area contributed by atoms with Gasteiger partial charge in [-0.15, -0.1) is 0 Å². The van der Waals surface area contributed by atoms with Crippen molar-refractivity contribution in [1.82, 2.24) is 0 Å². The van der Waals surface area contributed by atoms with Crippen molar-refractivity contribution >= 4 is 19.7 Å². The van der Waals surface area contributed by atoms with Crippen LogP contribution in [0.2, 0.25) is 0 Å². The molecule has 0 fully saturated rings. The molecule has 0 N–H and O–H groups in total. The molecule has 1 heterocycles. The smallest absolute Gasteiger partial charge is 0.357 e. The van der Waals surface area contributed by atoms with Gasteiger partial charge < -0.3 is 4.74 Å². The summed E-state index contributed by atoms with van der Waals surface area (Å²) in [6.07, 6.45) is 0. The minimum atomic E-state index is -3.91. The average molecular weight is 363 g/mol. The third kappa shape index (κ3) is 2.66. The average Bonchev–Trinajstić information content (AvgIpc) is 2.86. The molecule has 2 aromatic rings. The van der Waals surface area contributed by atoms with Gasteiger partial charge in [-0.25, -0.2) is 23.4 Å². The minimum Gasteiger partial charge on any atom is -0.425 e. The van der Waals surface area contributed by atoms with Crippen molar-refractivity contribution in [3.05, 3.63) is 65.5 Å². The number of rotatable bonds is 4. The maximum absolute atomic E-state index is 12.9. The molecule has 0 saturated heterocycles. The van der Waals surface area contributed by atoms with Crippen LogP contribution >= 0.6 is 0 Å². The quantitative estimate of drug-likeness (QED) is 0.778. The molecule has 8 heteroatoms. The van der Waals surface area contributed by atoms with Crippen LogP contribution in [0.15, 0.2) is 58.3 Å². The second kappa shape index (κ2) is 5.92. The maximum Gasteiger partial charge on any atom is 0.357 e. The highest BCUT2D eigenvalue weighted by molar-refractivity contribution is 7.96. The van der Waals surface area contributed by atoms with Gasteiger partial charge in [0.1, 0.15) is 11.0 Å². The van der Waals surface area contributed by atoms with Crippen LogP contribution in [0.4, 0.5) is 0 Å². The Hall–Kier alpha value is -2.37. The van der Waals surface area contributed by atoms with Gasteiger partial charge in [-0.2, -0.15) is 0 Å². The molecule has 0 spiro atoms. The Morgan fingerprint density at radius 1 is 1.12 bits per heavy atom. The van der Waals surface area contributed by atoms with Gasteiger partial charge in [0.15, 0.2) is 19.7 Å². The molecule has 0 radical (unpaired) electrons. The monoisotopic (exact) mass is 363 g/mol. The summed E-state index contributed by atoms with van der Waals surface area (Å²) in [7, 11) is -7.64. The molecule has 1 atom stereocenters. The molecule has 2 aromatic carbocycles. The Bertz CT molecular complexity index is 1020. The molecule has 0 bridgehead atoms. The molecule has 0 aliphatic carbocycles. The molecule has 0 amide bonds. The second-order valence-corrected chi connectivity index (χ2v) is 9.36. The van der Waals surface area contributed by atoms with Crippen LogP contribution in [0.1, 0.15) is 10.8 Å². The number of hydrogen-bond donors (Lipinski definition) is 0. The molecule has 3 rings (SSSR count). The first kappa shape index (κ1) is 16.5. The fourth-order valence-electron chi connectivity index (χ4n) is 2.73. The summed E-state index contributed by atoms with van der Waals surface area (Å²) < 4.78 is 55.9. The summed E-state index contributed by atoms with van der Waals surface area (Å²) >= 11 is 0. The van der Waals surface area contributed by atoms with Crippen molar-refractivity contribution < 1.29 is 21.6 Å². The fraction of sp³-hybridized carbons (Fsp3) is 0.188. The molecule has 6 nitrogen and oxygen atoms in total. The highest BCUT2D eigenvalue weighted by Crippen LogP contribution is 2.45. The van der Waals surface area contributed by atoms with Crippen LogP contribution in [0, 0.1) is 6.57 Å². The first-order valence-electron chi connectivity index (χ1n) is 6.98. The van der Waals surface area contributed by atoms with Crippen LogP contribution in [-0.4, -0.2) is 29.3 Å². The van der Waals surface area contributed by atoms with Crippen LogP contribution in [0.3, 0.4) is 0 Å². The van der Waals surface area contributed by atoms with Gasteiger partial charge >= 0.3 is 6.73 Å². The normalized spacial score (nSPS) is 18.5. The molecule has 1 aliphatic heterocycles. The third-order valence-electron chi connectivity index (χ3n) is 3.78. The van der Waals surface area contributed by atoms with Crippen LogP contribution in [-0.2, 0) is 19.7 Å². The van der Waals surface area contributed by atoms with Crippen molar-refractivity contribution in [3.63, 3.8) is 0 Å². The molecule has 24 heavy (non-hydrogen) atoms. The van der Waals surface area contributed by atoms with Gasteiger partial charge in [0.05, 0.1) is 15.5 Å². The number of ether oxygens (including phenoxy) is 1. The van der Waals surface area contributed by atoms with E-state index in [2.05, 4.69) is 4.85 Å². The van der Waals surface area contributed by atoms with E-state index < -0.39 is 30.7 Å².